The average Bonchev–Trinajstić information content (AvgIpc) is 3.00. The van der Waals surface area contributed by atoms with Gasteiger partial charge in [0.2, 0.25) is 0 Å². The van der Waals surface area contributed by atoms with E-state index in [9.17, 15) is 0 Å². The molecule has 3 aromatic rings. The number of nitrogens with one attached hydrogen (secondary N) is 1. The van der Waals surface area contributed by atoms with Gasteiger partial charge in [-0.25, -0.2) is 0 Å². The highest BCUT2D eigenvalue weighted by Crippen LogP contribution is 2.35. The molecule has 2 aromatic carbocycles. The summed E-state index contributed by atoms with van der Waals surface area (Å²) in [6.07, 6.45) is 2.06. The quantitative estimate of drug-likeness (QED) is 0.740. The Hall–Kier alpha value is -2.55. The van der Waals surface area contributed by atoms with Crippen LogP contribution >= 0.6 is 0 Å². The summed E-state index contributed by atoms with van der Waals surface area (Å²) in [5, 5.41) is 7.79. The van der Waals surface area contributed by atoms with Gasteiger partial charge < -0.3 is 4.74 Å². The average molecular weight is 292 g/mol. The van der Waals surface area contributed by atoms with E-state index in [1.807, 2.05) is 30.3 Å². The maximum absolute atomic E-state index is 5.37. The third-order valence-electron chi connectivity index (χ3n) is 3.75. The lowest BCUT2D eigenvalue weighted by atomic mass is 9.97. The lowest BCUT2D eigenvalue weighted by molar-refractivity contribution is 0.415. The van der Waals surface area contributed by atoms with Crippen molar-refractivity contribution in [1.29, 1.82) is 0 Å². The van der Waals surface area contributed by atoms with Crippen molar-refractivity contribution in [3.05, 3.63) is 60.3 Å². The zero-order chi connectivity index (χ0) is 15.4. The first kappa shape index (κ1) is 14.4. The van der Waals surface area contributed by atoms with E-state index in [4.69, 9.17) is 4.74 Å². The number of benzene rings is 2. The van der Waals surface area contributed by atoms with Gasteiger partial charge in [-0.05, 0) is 24.1 Å². The fourth-order valence-corrected chi connectivity index (χ4v) is 2.70. The number of hydrogen-bond donors (Lipinski definition) is 1. The molecule has 1 heterocycles. The van der Waals surface area contributed by atoms with Gasteiger partial charge in [-0.2, -0.15) is 5.10 Å². The van der Waals surface area contributed by atoms with E-state index in [-0.39, 0.29) is 0 Å². The highest BCUT2D eigenvalue weighted by molar-refractivity contribution is 5.83. The predicted octanol–water partition coefficient (Wildman–Crippen LogP) is 4.70. The molecule has 0 fully saturated rings. The molecule has 0 saturated heterocycles. The van der Waals surface area contributed by atoms with Gasteiger partial charge in [0.1, 0.15) is 11.4 Å². The molecular weight excluding hydrogens is 272 g/mol. The number of H-pyrrole nitrogens is 1. The minimum Gasteiger partial charge on any atom is -0.497 e. The van der Waals surface area contributed by atoms with Gasteiger partial charge in [0.15, 0.2) is 0 Å². The lowest BCUT2D eigenvalue weighted by Crippen LogP contribution is -1.90. The van der Waals surface area contributed by atoms with Gasteiger partial charge in [-0.3, -0.25) is 5.10 Å². The summed E-state index contributed by atoms with van der Waals surface area (Å²) in [6.45, 7) is 2.18. The van der Waals surface area contributed by atoms with E-state index in [0.29, 0.717) is 0 Å². The van der Waals surface area contributed by atoms with Crippen LogP contribution in [0.3, 0.4) is 0 Å². The molecule has 1 aromatic heterocycles. The van der Waals surface area contributed by atoms with Gasteiger partial charge in [-0.15, -0.1) is 0 Å². The topological polar surface area (TPSA) is 37.9 Å². The molecular formula is C19H20N2O. The normalized spacial score (nSPS) is 10.6. The second-order valence-corrected chi connectivity index (χ2v) is 5.27. The zero-order valence-electron chi connectivity index (χ0n) is 13.0. The van der Waals surface area contributed by atoms with E-state index in [1.165, 1.54) is 11.3 Å². The number of aromatic amines is 1. The minimum absolute atomic E-state index is 0.861. The lowest BCUT2D eigenvalue weighted by Gasteiger charge is -2.08. The van der Waals surface area contributed by atoms with Crippen molar-refractivity contribution in [2.45, 2.75) is 19.8 Å². The Bertz CT molecular complexity index is 747. The van der Waals surface area contributed by atoms with E-state index in [0.717, 1.165) is 35.4 Å². The molecule has 0 amide bonds. The molecule has 0 radical (unpaired) electrons. The summed E-state index contributed by atoms with van der Waals surface area (Å²) >= 11 is 0. The minimum atomic E-state index is 0.861. The molecule has 0 unspecified atom stereocenters. The Morgan fingerprint density at radius 1 is 1.00 bits per heavy atom. The van der Waals surface area contributed by atoms with Crippen molar-refractivity contribution < 1.29 is 4.74 Å². The number of ether oxygens (including phenoxy) is 1. The Balaban J connectivity index is 2.16. The van der Waals surface area contributed by atoms with Crippen molar-refractivity contribution in [1.82, 2.24) is 10.2 Å². The number of rotatable bonds is 5. The van der Waals surface area contributed by atoms with E-state index in [1.54, 1.807) is 7.11 Å². The summed E-state index contributed by atoms with van der Waals surface area (Å²) in [6, 6.07) is 18.4. The maximum atomic E-state index is 5.37. The molecule has 22 heavy (non-hydrogen) atoms. The molecule has 0 atom stereocenters. The Morgan fingerprint density at radius 2 is 1.77 bits per heavy atom. The molecule has 3 nitrogen and oxygen atoms in total. The molecule has 112 valence electrons. The van der Waals surface area contributed by atoms with Crippen LogP contribution in [0.5, 0.6) is 5.75 Å². The second-order valence-electron chi connectivity index (χ2n) is 5.27. The number of hydrogen-bond acceptors (Lipinski definition) is 2. The third-order valence-corrected chi connectivity index (χ3v) is 3.75. The molecule has 0 spiro atoms. The van der Waals surface area contributed by atoms with E-state index in [2.05, 4.69) is 41.4 Å². The summed E-state index contributed by atoms with van der Waals surface area (Å²) in [7, 11) is 1.69. The first-order chi connectivity index (χ1) is 10.8. The Kier molecular flexibility index (Phi) is 4.24. The van der Waals surface area contributed by atoms with Gasteiger partial charge in [0, 0.05) is 16.8 Å². The highest BCUT2D eigenvalue weighted by Gasteiger charge is 2.16. The first-order valence-electron chi connectivity index (χ1n) is 7.60. The van der Waals surface area contributed by atoms with Gasteiger partial charge >= 0.3 is 0 Å². The molecule has 3 rings (SSSR count). The molecule has 0 aliphatic heterocycles. The van der Waals surface area contributed by atoms with Gasteiger partial charge in [-0.1, -0.05) is 55.8 Å². The zero-order valence-corrected chi connectivity index (χ0v) is 13.0. The largest absolute Gasteiger partial charge is 0.497 e. The first-order valence-corrected chi connectivity index (χ1v) is 7.60. The molecule has 0 bridgehead atoms. The Labute approximate surface area is 131 Å². The fraction of sp³-hybridized carbons (Fsp3) is 0.211. The van der Waals surface area contributed by atoms with Crippen LogP contribution in [0.4, 0.5) is 0 Å². The van der Waals surface area contributed by atoms with Crippen molar-refractivity contribution in [2.24, 2.45) is 0 Å². The fourth-order valence-electron chi connectivity index (χ4n) is 2.70. The van der Waals surface area contributed by atoms with E-state index >= 15 is 0 Å². The molecule has 0 saturated carbocycles. The summed E-state index contributed by atoms with van der Waals surface area (Å²) < 4.78 is 5.37. The van der Waals surface area contributed by atoms with Crippen LogP contribution in [-0.2, 0) is 6.42 Å². The summed E-state index contributed by atoms with van der Waals surface area (Å²) in [5.41, 5.74) is 5.60. The number of nitrogens with zero attached hydrogens (tertiary/aromatic N) is 1. The Morgan fingerprint density at radius 3 is 2.50 bits per heavy atom. The van der Waals surface area contributed by atoms with Crippen molar-refractivity contribution >= 4 is 0 Å². The second kappa shape index (κ2) is 6.48. The SMILES string of the molecule is CCCc1[nH]nc(-c2ccccc2)c1-c1cccc(OC)c1. The smallest absolute Gasteiger partial charge is 0.119 e. The third kappa shape index (κ3) is 2.75. The summed E-state index contributed by atoms with van der Waals surface area (Å²) in [4.78, 5) is 0. The van der Waals surface area contributed by atoms with Crippen LogP contribution < -0.4 is 4.74 Å². The predicted molar refractivity (Wildman–Crippen MR) is 90.0 cm³/mol. The van der Waals surface area contributed by atoms with Crippen LogP contribution in [0, 0.1) is 0 Å². The molecule has 0 aliphatic rings. The van der Waals surface area contributed by atoms with Crippen LogP contribution in [0.25, 0.3) is 22.4 Å². The van der Waals surface area contributed by atoms with Crippen LogP contribution in [0.2, 0.25) is 0 Å². The number of aryl methyl sites for hydroxylation is 1. The summed E-state index contributed by atoms with van der Waals surface area (Å²) in [5.74, 6) is 0.861. The van der Waals surface area contributed by atoms with Crippen molar-refractivity contribution in [3.8, 4) is 28.1 Å². The standard InChI is InChI=1S/C19H20N2O/c1-3-8-17-18(15-11-7-12-16(13-15)22-2)19(21-20-17)14-9-5-4-6-10-14/h4-7,9-13H,3,8H2,1-2H3,(H,20,21). The molecule has 1 N–H and O–H groups in total. The molecule has 0 aliphatic carbocycles. The molecule has 3 heteroatoms. The monoisotopic (exact) mass is 292 g/mol. The maximum Gasteiger partial charge on any atom is 0.119 e. The van der Waals surface area contributed by atoms with Gasteiger partial charge in [0.25, 0.3) is 0 Å². The van der Waals surface area contributed by atoms with Crippen LogP contribution in [0.1, 0.15) is 19.0 Å². The van der Waals surface area contributed by atoms with Crippen LogP contribution in [-0.4, -0.2) is 17.3 Å². The van der Waals surface area contributed by atoms with Crippen molar-refractivity contribution in [2.75, 3.05) is 7.11 Å². The highest BCUT2D eigenvalue weighted by atomic mass is 16.5. The number of methoxy groups -OCH3 is 1. The van der Waals surface area contributed by atoms with Gasteiger partial charge in [0.05, 0.1) is 7.11 Å². The van der Waals surface area contributed by atoms with Crippen molar-refractivity contribution in [3.63, 3.8) is 0 Å². The van der Waals surface area contributed by atoms with Crippen LogP contribution in [0.15, 0.2) is 54.6 Å². The van der Waals surface area contributed by atoms with E-state index < -0.39 is 0 Å². The number of aromatic nitrogens is 2.